The minimum absolute atomic E-state index is 0.228. The molecule has 1 aliphatic heterocycles. The fraction of sp³-hybridized carbons (Fsp3) is 0.500. The number of halogens is 1. The SMILES string of the molecule is CNCC(C#N)(C#N)N1CCN(Cc2ccc(F)cc2)CC1. The number of piperazine rings is 1. The summed E-state index contributed by atoms with van der Waals surface area (Å²) in [7, 11) is 1.74. The summed E-state index contributed by atoms with van der Waals surface area (Å²) in [4.78, 5) is 4.19. The molecule has 1 N–H and O–H groups in total. The van der Waals surface area contributed by atoms with Crippen LogP contribution in [0.5, 0.6) is 0 Å². The second-order valence-electron chi connectivity index (χ2n) is 5.50. The highest BCUT2D eigenvalue weighted by atomic mass is 19.1. The normalized spacial score (nSPS) is 16.9. The van der Waals surface area contributed by atoms with E-state index in [1.54, 1.807) is 19.2 Å². The van der Waals surface area contributed by atoms with Gasteiger partial charge in [-0.25, -0.2) is 4.39 Å². The first-order valence-electron chi connectivity index (χ1n) is 7.32. The Balaban J connectivity index is 1.94. The number of rotatable bonds is 5. The molecule has 0 spiro atoms. The zero-order valence-corrected chi connectivity index (χ0v) is 12.7. The van der Waals surface area contributed by atoms with Gasteiger partial charge in [0.05, 0.1) is 0 Å². The lowest BCUT2D eigenvalue weighted by Crippen LogP contribution is -2.59. The van der Waals surface area contributed by atoms with Crippen LogP contribution in [0.1, 0.15) is 5.56 Å². The average molecular weight is 301 g/mol. The zero-order valence-electron chi connectivity index (χ0n) is 12.7. The second kappa shape index (κ2) is 7.33. The summed E-state index contributed by atoms with van der Waals surface area (Å²) in [6.07, 6.45) is 0. The molecule has 1 heterocycles. The number of benzene rings is 1. The molecule has 0 amide bonds. The minimum Gasteiger partial charge on any atom is -0.316 e. The lowest BCUT2D eigenvalue weighted by atomic mass is 10.00. The van der Waals surface area contributed by atoms with Crippen LogP contribution in [-0.4, -0.2) is 55.1 Å². The van der Waals surface area contributed by atoms with Gasteiger partial charge in [-0.2, -0.15) is 10.5 Å². The van der Waals surface area contributed by atoms with E-state index in [2.05, 4.69) is 22.4 Å². The molecule has 1 aromatic rings. The highest BCUT2D eigenvalue weighted by molar-refractivity contribution is 5.24. The Bertz CT molecular complexity index is 550. The highest BCUT2D eigenvalue weighted by Crippen LogP contribution is 2.17. The molecule has 1 aromatic carbocycles. The molecule has 0 aromatic heterocycles. The van der Waals surface area contributed by atoms with E-state index < -0.39 is 5.54 Å². The monoisotopic (exact) mass is 301 g/mol. The molecule has 1 aliphatic rings. The summed E-state index contributed by atoms with van der Waals surface area (Å²) in [5.41, 5.74) is -0.0339. The van der Waals surface area contributed by atoms with Gasteiger partial charge in [0.15, 0.2) is 0 Å². The molecule has 0 unspecified atom stereocenters. The van der Waals surface area contributed by atoms with Crippen LogP contribution in [0.25, 0.3) is 0 Å². The number of nitrogens with zero attached hydrogens (tertiary/aromatic N) is 4. The molecule has 1 saturated heterocycles. The summed E-state index contributed by atoms with van der Waals surface area (Å²) < 4.78 is 12.9. The van der Waals surface area contributed by atoms with Crippen LogP contribution in [0, 0.1) is 28.5 Å². The minimum atomic E-state index is -1.10. The number of hydrogen-bond acceptors (Lipinski definition) is 5. The van der Waals surface area contributed by atoms with Crippen molar-refractivity contribution in [3.05, 3.63) is 35.6 Å². The molecule has 116 valence electrons. The predicted octanol–water partition coefficient (Wildman–Crippen LogP) is 0.949. The molecule has 0 radical (unpaired) electrons. The Morgan fingerprint density at radius 2 is 1.73 bits per heavy atom. The number of hydrogen-bond donors (Lipinski definition) is 1. The van der Waals surface area contributed by atoms with E-state index in [1.165, 1.54) is 12.1 Å². The van der Waals surface area contributed by atoms with Gasteiger partial charge in [0.2, 0.25) is 5.54 Å². The van der Waals surface area contributed by atoms with Crippen LogP contribution in [-0.2, 0) is 6.54 Å². The molecule has 22 heavy (non-hydrogen) atoms. The van der Waals surface area contributed by atoms with Crippen LogP contribution < -0.4 is 5.32 Å². The van der Waals surface area contributed by atoms with E-state index in [9.17, 15) is 14.9 Å². The Morgan fingerprint density at radius 3 is 2.23 bits per heavy atom. The Labute approximate surface area is 130 Å². The molecule has 6 heteroatoms. The summed E-state index contributed by atoms with van der Waals surface area (Å²) in [6, 6.07) is 10.8. The van der Waals surface area contributed by atoms with Crippen molar-refractivity contribution in [2.24, 2.45) is 0 Å². The molecular formula is C16H20FN5. The third kappa shape index (κ3) is 3.61. The van der Waals surface area contributed by atoms with E-state index in [0.29, 0.717) is 19.6 Å². The van der Waals surface area contributed by atoms with Crippen LogP contribution >= 0.6 is 0 Å². The van der Waals surface area contributed by atoms with Crippen molar-refractivity contribution in [3.8, 4) is 12.1 Å². The molecule has 0 aliphatic carbocycles. The van der Waals surface area contributed by atoms with Crippen LogP contribution in [0.15, 0.2) is 24.3 Å². The first-order valence-corrected chi connectivity index (χ1v) is 7.32. The number of nitrogens with one attached hydrogen (secondary N) is 1. The Kier molecular flexibility index (Phi) is 5.46. The van der Waals surface area contributed by atoms with Crippen molar-refractivity contribution >= 4 is 0 Å². The maximum atomic E-state index is 12.9. The van der Waals surface area contributed by atoms with Crippen molar-refractivity contribution in [1.82, 2.24) is 15.1 Å². The van der Waals surface area contributed by atoms with Crippen molar-refractivity contribution in [3.63, 3.8) is 0 Å². The predicted molar refractivity (Wildman–Crippen MR) is 81.1 cm³/mol. The van der Waals surface area contributed by atoms with E-state index in [1.807, 2.05) is 4.90 Å². The molecule has 2 rings (SSSR count). The third-order valence-electron chi connectivity index (χ3n) is 4.03. The topological polar surface area (TPSA) is 66.1 Å². The van der Waals surface area contributed by atoms with Gasteiger partial charge < -0.3 is 5.32 Å². The van der Waals surface area contributed by atoms with Gasteiger partial charge in [-0.3, -0.25) is 9.80 Å². The van der Waals surface area contributed by atoms with E-state index in [4.69, 9.17) is 0 Å². The summed E-state index contributed by atoms with van der Waals surface area (Å²) in [5, 5.41) is 21.7. The molecular weight excluding hydrogens is 281 g/mol. The van der Waals surface area contributed by atoms with E-state index in [0.717, 1.165) is 25.2 Å². The Hall–Kier alpha value is -1.99. The maximum Gasteiger partial charge on any atom is 0.208 e. The van der Waals surface area contributed by atoms with Crippen molar-refractivity contribution < 1.29 is 4.39 Å². The molecule has 0 saturated carbocycles. The average Bonchev–Trinajstić information content (AvgIpc) is 2.56. The fourth-order valence-electron chi connectivity index (χ4n) is 2.75. The lowest BCUT2D eigenvalue weighted by Gasteiger charge is -2.40. The van der Waals surface area contributed by atoms with Gasteiger partial charge in [-0.15, -0.1) is 0 Å². The fourth-order valence-corrected chi connectivity index (χ4v) is 2.75. The van der Waals surface area contributed by atoms with Crippen LogP contribution in [0.3, 0.4) is 0 Å². The van der Waals surface area contributed by atoms with Gasteiger partial charge in [0, 0.05) is 39.3 Å². The molecule has 0 atom stereocenters. The highest BCUT2D eigenvalue weighted by Gasteiger charge is 2.38. The largest absolute Gasteiger partial charge is 0.316 e. The van der Waals surface area contributed by atoms with Gasteiger partial charge in [-0.1, -0.05) is 12.1 Å². The quantitative estimate of drug-likeness (QED) is 0.877. The zero-order chi connectivity index (χ0) is 16.0. The van der Waals surface area contributed by atoms with E-state index in [-0.39, 0.29) is 5.82 Å². The first kappa shape index (κ1) is 16.4. The lowest BCUT2D eigenvalue weighted by molar-refractivity contribution is 0.0842. The van der Waals surface area contributed by atoms with Gasteiger partial charge in [-0.05, 0) is 24.7 Å². The van der Waals surface area contributed by atoms with Crippen molar-refractivity contribution in [2.45, 2.75) is 12.1 Å². The summed E-state index contributed by atoms with van der Waals surface area (Å²) >= 11 is 0. The Morgan fingerprint density at radius 1 is 1.14 bits per heavy atom. The van der Waals surface area contributed by atoms with Crippen molar-refractivity contribution in [2.75, 3.05) is 39.8 Å². The first-order chi connectivity index (χ1) is 10.6. The smallest absolute Gasteiger partial charge is 0.208 e. The standard InChI is InChI=1S/C16H20FN5/c1-20-13-16(11-18,12-19)22-8-6-21(7-9-22)10-14-2-4-15(17)5-3-14/h2-5,20H,6-10,13H2,1H3. The van der Waals surface area contributed by atoms with Gasteiger partial charge in [0.25, 0.3) is 0 Å². The van der Waals surface area contributed by atoms with Crippen LogP contribution in [0.4, 0.5) is 4.39 Å². The molecule has 0 bridgehead atoms. The third-order valence-corrected chi connectivity index (χ3v) is 4.03. The number of nitriles is 2. The number of likely N-dealkylation sites (N-methyl/N-ethyl adjacent to an activating group) is 1. The van der Waals surface area contributed by atoms with Gasteiger partial charge in [0.1, 0.15) is 18.0 Å². The van der Waals surface area contributed by atoms with E-state index >= 15 is 0 Å². The van der Waals surface area contributed by atoms with Crippen LogP contribution in [0.2, 0.25) is 0 Å². The second-order valence-corrected chi connectivity index (χ2v) is 5.50. The van der Waals surface area contributed by atoms with Crippen molar-refractivity contribution in [1.29, 1.82) is 10.5 Å². The summed E-state index contributed by atoms with van der Waals surface area (Å²) in [5.74, 6) is -0.228. The summed E-state index contributed by atoms with van der Waals surface area (Å²) in [6.45, 7) is 4.00. The van der Waals surface area contributed by atoms with Gasteiger partial charge >= 0.3 is 0 Å². The molecule has 1 fully saturated rings. The molecule has 5 nitrogen and oxygen atoms in total. The maximum absolute atomic E-state index is 12.9.